The van der Waals surface area contributed by atoms with Gasteiger partial charge in [0.25, 0.3) is 0 Å². The van der Waals surface area contributed by atoms with Crippen molar-refractivity contribution >= 4 is 5.91 Å². The van der Waals surface area contributed by atoms with E-state index in [0.717, 1.165) is 30.9 Å². The minimum absolute atomic E-state index is 0.0248. The molecule has 0 aromatic carbocycles. The standard InChI is InChI=1S/C14H26N4O/c1-6-15-7-8-16-14(19)10(2)9-13-11(3)17-18(5)12(13)4/h10,15H,6-9H2,1-5H3,(H,16,19). The molecule has 1 aromatic rings. The van der Waals surface area contributed by atoms with Crippen molar-refractivity contribution < 1.29 is 4.79 Å². The average molecular weight is 266 g/mol. The van der Waals surface area contributed by atoms with Crippen molar-refractivity contribution in [3.8, 4) is 0 Å². The highest BCUT2D eigenvalue weighted by molar-refractivity contribution is 5.78. The van der Waals surface area contributed by atoms with Crippen molar-refractivity contribution in [2.24, 2.45) is 13.0 Å². The Morgan fingerprint density at radius 1 is 1.37 bits per heavy atom. The fourth-order valence-electron chi connectivity index (χ4n) is 2.14. The van der Waals surface area contributed by atoms with Crippen LogP contribution in [0.15, 0.2) is 0 Å². The van der Waals surface area contributed by atoms with Gasteiger partial charge < -0.3 is 10.6 Å². The number of carbonyl (C=O) groups is 1. The molecular weight excluding hydrogens is 240 g/mol. The SMILES string of the molecule is CCNCCNC(=O)C(C)Cc1c(C)nn(C)c1C. The maximum absolute atomic E-state index is 12.0. The summed E-state index contributed by atoms with van der Waals surface area (Å²) in [6.45, 7) is 10.5. The quantitative estimate of drug-likeness (QED) is 0.722. The third kappa shape index (κ3) is 4.35. The van der Waals surface area contributed by atoms with E-state index in [1.165, 1.54) is 5.56 Å². The van der Waals surface area contributed by atoms with Crippen LogP contribution in [-0.2, 0) is 18.3 Å². The molecule has 1 aromatic heterocycles. The van der Waals surface area contributed by atoms with E-state index in [1.807, 2.05) is 32.5 Å². The minimum atomic E-state index is -0.0248. The minimum Gasteiger partial charge on any atom is -0.355 e. The zero-order valence-corrected chi connectivity index (χ0v) is 12.7. The van der Waals surface area contributed by atoms with Gasteiger partial charge >= 0.3 is 0 Å². The first kappa shape index (κ1) is 15.7. The number of hydrogen-bond acceptors (Lipinski definition) is 3. The van der Waals surface area contributed by atoms with Crippen LogP contribution in [0.25, 0.3) is 0 Å². The molecule has 5 heteroatoms. The van der Waals surface area contributed by atoms with Gasteiger partial charge in [0, 0.05) is 31.7 Å². The van der Waals surface area contributed by atoms with Crippen LogP contribution in [0, 0.1) is 19.8 Å². The van der Waals surface area contributed by atoms with Gasteiger partial charge in [0.05, 0.1) is 5.69 Å². The first-order valence-corrected chi connectivity index (χ1v) is 6.94. The highest BCUT2D eigenvalue weighted by Crippen LogP contribution is 2.16. The Kier molecular flexibility index (Phi) is 6.02. The number of likely N-dealkylation sites (N-methyl/N-ethyl adjacent to an activating group) is 1. The second-order valence-electron chi connectivity index (χ2n) is 5.02. The van der Waals surface area contributed by atoms with E-state index in [2.05, 4.69) is 22.7 Å². The van der Waals surface area contributed by atoms with Gasteiger partial charge in [-0.3, -0.25) is 9.48 Å². The topological polar surface area (TPSA) is 58.9 Å². The molecule has 1 amide bonds. The van der Waals surface area contributed by atoms with Crippen molar-refractivity contribution in [3.63, 3.8) is 0 Å². The van der Waals surface area contributed by atoms with E-state index < -0.39 is 0 Å². The maximum atomic E-state index is 12.0. The van der Waals surface area contributed by atoms with E-state index in [0.29, 0.717) is 6.54 Å². The summed E-state index contributed by atoms with van der Waals surface area (Å²) in [6, 6.07) is 0. The third-order valence-electron chi connectivity index (χ3n) is 3.47. The van der Waals surface area contributed by atoms with E-state index in [9.17, 15) is 4.79 Å². The van der Waals surface area contributed by atoms with Crippen LogP contribution < -0.4 is 10.6 Å². The fourth-order valence-corrected chi connectivity index (χ4v) is 2.14. The number of amides is 1. The van der Waals surface area contributed by atoms with Crippen LogP contribution in [0.2, 0.25) is 0 Å². The van der Waals surface area contributed by atoms with Crippen LogP contribution >= 0.6 is 0 Å². The number of hydrogen-bond donors (Lipinski definition) is 2. The molecule has 5 nitrogen and oxygen atoms in total. The molecule has 0 spiro atoms. The average Bonchev–Trinajstić information content (AvgIpc) is 2.61. The highest BCUT2D eigenvalue weighted by atomic mass is 16.1. The molecule has 0 saturated carbocycles. The lowest BCUT2D eigenvalue weighted by Crippen LogP contribution is -2.35. The zero-order chi connectivity index (χ0) is 14.4. The van der Waals surface area contributed by atoms with Gasteiger partial charge in [-0.05, 0) is 32.4 Å². The summed E-state index contributed by atoms with van der Waals surface area (Å²) in [5.74, 6) is 0.0868. The molecule has 1 rings (SSSR count). The molecule has 0 aliphatic rings. The number of nitrogens with zero attached hydrogens (tertiary/aromatic N) is 2. The zero-order valence-electron chi connectivity index (χ0n) is 12.7. The molecule has 1 unspecified atom stereocenters. The van der Waals surface area contributed by atoms with Crippen LogP contribution in [0.5, 0.6) is 0 Å². The monoisotopic (exact) mass is 266 g/mol. The van der Waals surface area contributed by atoms with Crippen LogP contribution in [0.4, 0.5) is 0 Å². The molecule has 0 saturated heterocycles. The summed E-state index contributed by atoms with van der Waals surface area (Å²) in [4.78, 5) is 12.0. The van der Waals surface area contributed by atoms with E-state index in [4.69, 9.17) is 0 Å². The normalized spacial score (nSPS) is 12.5. The molecule has 0 aliphatic carbocycles. The number of carbonyl (C=O) groups excluding carboxylic acids is 1. The van der Waals surface area contributed by atoms with Crippen LogP contribution in [-0.4, -0.2) is 35.3 Å². The summed E-state index contributed by atoms with van der Waals surface area (Å²) in [6.07, 6.45) is 0.749. The second kappa shape index (κ2) is 7.28. The number of nitrogens with one attached hydrogen (secondary N) is 2. The molecule has 19 heavy (non-hydrogen) atoms. The Labute approximate surface area is 115 Å². The summed E-state index contributed by atoms with van der Waals surface area (Å²) < 4.78 is 1.88. The van der Waals surface area contributed by atoms with Crippen molar-refractivity contribution in [1.29, 1.82) is 0 Å². The Balaban J connectivity index is 2.49. The molecule has 0 fully saturated rings. The van der Waals surface area contributed by atoms with Crippen molar-refractivity contribution in [2.45, 2.75) is 34.1 Å². The van der Waals surface area contributed by atoms with Crippen molar-refractivity contribution in [1.82, 2.24) is 20.4 Å². The number of aryl methyl sites for hydroxylation is 2. The van der Waals surface area contributed by atoms with E-state index >= 15 is 0 Å². The van der Waals surface area contributed by atoms with E-state index in [-0.39, 0.29) is 11.8 Å². The molecular formula is C14H26N4O. The Morgan fingerprint density at radius 3 is 2.58 bits per heavy atom. The van der Waals surface area contributed by atoms with E-state index in [1.54, 1.807) is 0 Å². The van der Waals surface area contributed by atoms with Gasteiger partial charge in [-0.15, -0.1) is 0 Å². The molecule has 2 N–H and O–H groups in total. The van der Waals surface area contributed by atoms with Gasteiger partial charge in [0.1, 0.15) is 0 Å². The predicted molar refractivity (Wildman–Crippen MR) is 77.1 cm³/mol. The highest BCUT2D eigenvalue weighted by Gasteiger charge is 2.17. The maximum Gasteiger partial charge on any atom is 0.223 e. The lowest BCUT2D eigenvalue weighted by atomic mass is 9.99. The predicted octanol–water partition coefficient (Wildman–Crippen LogP) is 0.941. The lowest BCUT2D eigenvalue weighted by molar-refractivity contribution is -0.124. The Bertz CT molecular complexity index is 425. The second-order valence-corrected chi connectivity index (χ2v) is 5.02. The fraction of sp³-hybridized carbons (Fsp3) is 0.714. The largest absolute Gasteiger partial charge is 0.355 e. The van der Waals surface area contributed by atoms with Crippen molar-refractivity contribution in [2.75, 3.05) is 19.6 Å². The molecule has 0 bridgehead atoms. The Hall–Kier alpha value is -1.36. The van der Waals surface area contributed by atoms with Gasteiger partial charge in [-0.25, -0.2) is 0 Å². The summed E-state index contributed by atoms with van der Waals surface area (Å²) >= 11 is 0. The molecule has 1 heterocycles. The third-order valence-corrected chi connectivity index (χ3v) is 3.47. The number of aromatic nitrogens is 2. The van der Waals surface area contributed by atoms with Gasteiger partial charge in [0.2, 0.25) is 5.91 Å². The molecule has 0 aliphatic heterocycles. The molecule has 108 valence electrons. The number of rotatable bonds is 7. The van der Waals surface area contributed by atoms with Gasteiger partial charge in [0.15, 0.2) is 0 Å². The first-order valence-electron chi connectivity index (χ1n) is 6.94. The Morgan fingerprint density at radius 2 is 2.05 bits per heavy atom. The van der Waals surface area contributed by atoms with Gasteiger partial charge in [-0.1, -0.05) is 13.8 Å². The summed E-state index contributed by atoms with van der Waals surface area (Å²) in [7, 11) is 1.94. The van der Waals surface area contributed by atoms with Gasteiger partial charge in [-0.2, -0.15) is 5.10 Å². The molecule has 0 radical (unpaired) electrons. The smallest absolute Gasteiger partial charge is 0.223 e. The lowest BCUT2D eigenvalue weighted by Gasteiger charge is -2.12. The van der Waals surface area contributed by atoms with Crippen LogP contribution in [0.3, 0.4) is 0 Å². The molecule has 1 atom stereocenters. The summed E-state index contributed by atoms with van der Waals surface area (Å²) in [5.41, 5.74) is 3.36. The summed E-state index contributed by atoms with van der Waals surface area (Å²) in [5, 5.41) is 10.5. The first-order chi connectivity index (χ1) is 8.97. The van der Waals surface area contributed by atoms with Crippen molar-refractivity contribution in [3.05, 3.63) is 17.0 Å². The van der Waals surface area contributed by atoms with Crippen LogP contribution in [0.1, 0.15) is 30.8 Å².